The van der Waals surface area contributed by atoms with Crippen LogP contribution in [-0.4, -0.2) is 43.7 Å². The van der Waals surface area contributed by atoms with Crippen molar-refractivity contribution in [2.45, 2.75) is 32.2 Å². The molecular formula is C16H25N4O2+. The Morgan fingerprint density at radius 1 is 1.18 bits per heavy atom. The molecule has 2 aliphatic heterocycles. The molecule has 120 valence electrons. The average Bonchev–Trinajstić information content (AvgIpc) is 2.55. The number of nitro benzene ring substituents is 1. The highest BCUT2D eigenvalue weighted by atomic mass is 16.6. The smallest absolute Gasteiger partial charge is 0.292 e. The molecule has 22 heavy (non-hydrogen) atoms. The van der Waals surface area contributed by atoms with Gasteiger partial charge in [-0.2, -0.15) is 0 Å². The molecule has 1 aromatic carbocycles. The van der Waals surface area contributed by atoms with Crippen LogP contribution in [0.1, 0.15) is 26.2 Å². The summed E-state index contributed by atoms with van der Waals surface area (Å²) in [7, 11) is 0. The summed E-state index contributed by atoms with van der Waals surface area (Å²) in [6.07, 6.45) is 3.47. The minimum Gasteiger partial charge on any atom is -0.366 e. The number of nitro groups is 1. The summed E-state index contributed by atoms with van der Waals surface area (Å²) in [4.78, 5) is 15.6. The highest BCUT2D eigenvalue weighted by Crippen LogP contribution is 2.34. The lowest BCUT2D eigenvalue weighted by molar-refractivity contribution is -0.687. The number of hydrogen-bond acceptors (Lipinski definition) is 4. The first kappa shape index (κ1) is 15.1. The molecule has 0 radical (unpaired) electrons. The summed E-state index contributed by atoms with van der Waals surface area (Å²) in [6.45, 7) is 7.15. The number of benzene rings is 1. The standard InChI is InChI=1S/C16H24N4O2/c1-13-12-19(10-7-17-13)14-5-6-15(20(21)22)16(11-14)18-8-3-2-4-9-18/h5-6,11,13,17H,2-4,7-10,12H2,1H3/p+1/t13-/m1/s1. The quantitative estimate of drug-likeness (QED) is 0.676. The number of nitrogens with zero attached hydrogens (tertiary/aromatic N) is 3. The minimum absolute atomic E-state index is 0.238. The van der Waals surface area contributed by atoms with Crippen LogP contribution in [0.3, 0.4) is 0 Å². The SMILES string of the molecule is C[C@@H]1CN(c2ccc([N+](=O)[O-])c(N3CCCCC3)c2)CC[NH2+]1. The molecule has 6 nitrogen and oxygen atoms in total. The third-order valence-corrected chi connectivity index (χ3v) is 4.69. The topological polar surface area (TPSA) is 66.2 Å². The molecule has 0 bridgehead atoms. The molecule has 2 saturated heterocycles. The first-order valence-corrected chi connectivity index (χ1v) is 8.27. The first-order valence-electron chi connectivity index (χ1n) is 8.27. The summed E-state index contributed by atoms with van der Waals surface area (Å²) in [5, 5.41) is 13.7. The number of anilines is 2. The van der Waals surface area contributed by atoms with Gasteiger partial charge in [0.25, 0.3) is 5.69 Å². The van der Waals surface area contributed by atoms with Gasteiger partial charge in [0.1, 0.15) is 11.7 Å². The van der Waals surface area contributed by atoms with E-state index in [1.54, 1.807) is 6.07 Å². The minimum atomic E-state index is -0.250. The van der Waals surface area contributed by atoms with Crippen LogP contribution in [0, 0.1) is 10.1 Å². The summed E-state index contributed by atoms with van der Waals surface area (Å²) >= 11 is 0. The molecule has 0 unspecified atom stereocenters. The third-order valence-electron chi connectivity index (χ3n) is 4.69. The average molecular weight is 305 g/mol. The molecule has 1 atom stereocenters. The normalized spacial score (nSPS) is 22.7. The molecule has 3 rings (SSSR count). The van der Waals surface area contributed by atoms with Crippen molar-refractivity contribution in [3.8, 4) is 0 Å². The number of piperazine rings is 1. The van der Waals surface area contributed by atoms with Crippen LogP contribution in [0.15, 0.2) is 18.2 Å². The maximum Gasteiger partial charge on any atom is 0.292 e. The van der Waals surface area contributed by atoms with Crippen molar-refractivity contribution < 1.29 is 10.2 Å². The van der Waals surface area contributed by atoms with Gasteiger partial charge in [0, 0.05) is 24.8 Å². The molecule has 6 heteroatoms. The van der Waals surface area contributed by atoms with Crippen LogP contribution in [0.5, 0.6) is 0 Å². The summed E-state index contributed by atoms with van der Waals surface area (Å²) in [6, 6.07) is 6.19. The van der Waals surface area contributed by atoms with E-state index in [-0.39, 0.29) is 10.6 Å². The predicted octanol–water partition coefficient (Wildman–Crippen LogP) is 1.36. The fourth-order valence-corrected chi connectivity index (χ4v) is 3.51. The lowest BCUT2D eigenvalue weighted by Gasteiger charge is -2.33. The Morgan fingerprint density at radius 3 is 2.64 bits per heavy atom. The maximum absolute atomic E-state index is 11.4. The van der Waals surface area contributed by atoms with Gasteiger partial charge in [-0.05, 0) is 38.3 Å². The highest BCUT2D eigenvalue weighted by Gasteiger charge is 2.25. The largest absolute Gasteiger partial charge is 0.366 e. The Balaban J connectivity index is 1.90. The molecule has 1 aromatic rings. The van der Waals surface area contributed by atoms with E-state index < -0.39 is 0 Å². The Hall–Kier alpha value is -1.82. The fraction of sp³-hybridized carbons (Fsp3) is 0.625. The van der Waals surface area contributed by atoms with Gasteiger partial charge in [-0.3, -0.25) is 10.1 Å². The Kier molecular flexibility index (Phi) is 4.47. The van der Waals surface area contributed by atoms with Crippen molar-refractivity contribution in [1.82, 2.24) is 0 Å². The zero-order chi connectivity index (χ0) is 15.5. The zero-order valence-corrected chi connectivity index (χ0v) is 13.2. The fourth-order valence-electron chi connectivity index (χ4n) is 3.51. The predicted molar refractivity (Wildman–Crippen MR) is 87.6 cm³/mol. The van der Waals surface area contributed by atoms with E-state index in [2.05, 4.69) is 22.0 Å². The van der Waals surface area contributed by atoms with Gasteiger partial charge in [0.2, 0.25) is 0 Å². The van der Waals surface area contributed by atoms with E-state index in [0.717, 1.165) is 56.9 Å². The third kappa shape index (κ3) is 3.16. The van der Waals surface area contributed by atoms with Gasteiger partial charge in [-0.1, -0.05) is 0 Å². The maximum atomic E-state index is 11.4. The van der Waals surface area contributed by atoms with Crippen LogP contribution >= 0.6 is 0 Å². The van der Waals surface area contributed by atoms with Crippen molar-refractivity contribution >= 4 is 17.1 Å². The second-order valence-electron chi connectivity index (χ2n) is 6.43. The van der Waals surface area contributed by atoms with E-state index in [4.69, 9.17) is 0 Å². The molecular weight excluding hydrogens is 280 g/mol. The molecule has 0 spiro atoms. The van der Waals surface area contributed by atoms with Crippen molar-refractivity contribution in [1.29, 1.82) is 0 Å². The van der Waals surface area contributed by atoms with E-state index in [9.17, 15) is 10.1 Å². The molecule has 2 heterocycles. The first-order chi connectivity index (χ1) is 10.6. The van der Waals surface area contributed by atoms with Gasteiger partial charge in [0.15, 0.2) is 0 Å². The molecule has 0 amide bonds. The van der Waals surface area contributed by atoms with Crippen LogP contribution in [0.2, 0.25) is 0 Å². The van der Waals surface area contributed by atoms with Crippen molar-refractivity contribution in [2.24, 2.45) is 0 Å². The Bertz CT molecular complexity index is 543. The molecule has 0 aromatic heterocycles. The molecule has 0 saturated carbocycles. The lowest BCUT2D eigenvalue weighted by atomic mass is 10.1. The van der Waals surface area contributed by atoms with Crippen LogP contribution in [-0.2, 0) is 0 Å². The summed E-state index contributed by atoms with van der Waals surface area (Å²) < 4.78 is 0. The number of quaternary nitrogens is 1. The number of nitrogens with two attached hydrogens (primary N) is 1. The molecule has 2 fully saturated rings. The van der Waals surface area contributed by atoms with Gasteiger partial charge in [0.05, 0.1) is 24.6 Å². The van der Waals surface area contributed by atoms with E-state index in [1.165, 1.54) is 6.42 Å². The van der Waals surface area contributed by atoms with Gasteiger partial charge in [-0.25, -0.2) is 0 Å². The second kappa shape index (κ2) is 6.52. The number of piperidine rings is 1. The van der Waals surface area contributed by atoms with E-state index >= 15 is 0 Å². The molecule has 0 aliphatic carbocycles. The Labute approximate surface area is 131 Å². The van der Waals surface area contributed by atoms with Crippen molar-refractivity contribution in [3.05, 3.63) is 28.3 Å². The van der Waals surface area contributed by atoms with Crippen molar-refractivity contribution in [2.75, 3.05) is 42.5 Å². The van der Waals surface area contributed by atoms with Crippen molar-refractivity contribution in [3.63, 3.8) is 0 Å². The summed E-state index contributed by atoms with van der Waals surface area (Å²) in [5.41, 5.74) is 2.15. The lowest BCUT2D eigenvalue weighted by Crippen LogP contribution is -2.94. The van der Waals surface area contributed by atoms with Crippen LogP contribution in [0.4, 0.5) is 17.1 Å². The van der Waals surface area contributed by atoms with Gasteiger partial charge >= 0.3 is 0 Å². The van der Waals surface area contributed by atoms with Gasteiger partial charge in [-0.15, -0.1) is 0 Å². The summed E-state index contributed by atoms with van der Waals surface area (Å²) in [5.74, 6) is 0. The number of rotatable bonds is 3. The molecule has 2 aliphatic rings. The monoisotopic (exact) mass is 305 g/mol. The van der Waals surface area contributed by atoms with Crippen LogP contribution in [0.25, 0.3) is 0 Å². The highest BCUT2D eigenvalue weighted by molar-refractivity contribution is 5.70. The molecule has 2 N–H and O–H groups in total. The van der Waals surface area contributed by atoms with Crippen LogP contribution < -0.4 is 15.1 Å². The van der Waals surface area contributed by atoms with Gasteiger partial charge < -0.3 is 15.1 Å². The number of hydrogen-bond donors (Lipinski definition) is 1. The zero-order valence-electron chi connectivity index (χ0n) is 13.2. The Morgan fingerprint density at radius 2 is 1.95 bits per heavy atom. The van der Waals surface area contributed by atoms with E-state index in [0.29, 0.717) is 6.04 Å². The van der Waals surface area contributed by atoms with E-state index in [1.807, 2.05) is 12.1 Å². The second-order valence-corrected chi connectivity index (χ2v) is 6.43.